The number of aryl methyl sites for hydroxylation is 1. The molecule has 1 heterocycles. The van der Waals surface area contributed by atoms with Crippen LogP contribution in [-0.4, -0.2) is 26.2 Å². The maximum Gasteiger partial charge on any atom is 0.220 e. The number of rotatable bonds is 9. The van der Waals surface area contributed by atoms with Gasteiger partial charge in [0.05, 0.1) is 0 Å². The van der Waals surface area contributed by atoms with Gasteiger partial charge in [0.15, 0.2) is 5.16 Å². The zero-order chi connectivity index (χ0) is 24.1. The van der Waals surface area contributed by atoms with Crippen molar-refractivity contribution < 1.29 is 9.66 Å². The molecule has 1 aromatic heterocycles. The van der Waals surface area contributed by atoms with Crippen LogP contribution in [0.15, 0.2) is 78.0 Å². The number of thioether (sulfide) groups is 1. The lowest BCUT2D eigenvalue weighted by Gasteiger charge is -2.15. The molecule has 3 aromatic carbocycles. The van der Waals surface area contributed by atoms with Crippen LogP contribution >= 0.6 is 35.0 Å². The van der Waals surface area contributed by atoms with Crippen LogP contribution in [0.25, 0.3) is 5.69 Å². The summed E-state index contributed by atoms with van der Waals surface area (Å²) in [5.74, 6) is 1.33. The molecule has 0 saturated heterocycles. The Morgan fingerprint density at radius 1 is 1.06 bits per heavy atom. The fourth-order valence-corrected chi connectivity index (χ4v) is 4.98. The quantitative estimate of drug-likeness (QED) is 0.142. The molecule has 0 N–H and O–H groups in total. The monoisotopic (exact) mass is 514 g/mol. The molecule has 0 unspecified atom stereocenters. The van der Waals surface area contributed by atoms with Crippen molar-refractivity contribution in [3.8, 4) is 11.4 Å². The van der Waals surface area contributed by atoms with Gasteiger partial charge in [-0.15, -0.1) is 10.2 Å². The lowest BCUT2D eigenvalue weighted by atomic mass is 10.1. The summed E-state index contributed by atoms with van der Waals surface area (Å²) in [7, 11) is 0. The Hall–Kier alpha value is -3.07. The van der Waals surface area contributed by atoms with E-state index in [9.17, 15) is 10.1 Å². The van der Waals surface area contributed by atoms with Crippen molar-refractivity contribution in [2.75, 3.05) is 6.54 Å². The molecule has 34 heavy (non-hydrogen) atoms. The van der Waals surface area contributed by atoms with E-state index in [1.165, 1.54) is 11.8 Å². The van der Waals surface area contributed by atoms with Crippen LogP contribution in [0, 0.1) is 17.0 Å². The molecule has 0 radical (unpaired) electrons. The van der Waals surface area contributed by atoms with Crippen molar-refractivity contribution in [3.05, 3.63) is 110 Å². The van der Waals surface area contributed by atoms with Crippen LogP contribution in [0.2, 0.25) is 10.0 Å². The van der Waals surface area contributed by atoms with Gasteiger partial charge in [0.2, 0.25) is 6.54 Å². The van der Waals surface area contributed by atoms with Crippen molar-refractivity contribution in [2.24, 2.45) is 0 Å². The zero-order valence-corrected chi connectivity index (χ0v) is 20.4. The molecule has 174 valence electrons. The summed E-state index contributed by atoms with van der Waals surface area (Å²) in [6.07, 6.45) is 0. The lowest BCUT2D eigenvalue weighted by Crippen LogP contribution is -2.11. The van der Waals surface area contributed by atoms with Gasteiger partial charge in [-0.3, -0.25) is 14.7 Å². The molecule has 0 bridgehead atoms. The molecule has 0 aliphatic rings. The van der Waals surface area contributed by atoms with Crippen molar-refractivity contribution in [1.82, 2.24) is 14.8 Å². The standard InChI is InChI=1S/C24H20Cl2N4O3S/c1-16-27-28-24(30(16)20-5-3-2-4-6-20)34-23(14-29(31)32)17-8-11-21(12-9-17)33-15-18-7-10-19(25)13-22(18)26/h2-13,23H,14-15H2,1H3/t23-/m0/s1. The normalized spacial score (nSPS) is 11.9. The topological polar surface area (TPSA) is 83.1 Å². The van der Waals surface area contributed by atoms with Gasteiger partial charge in [0.25, 0.3) is 0 Å². The molecule has 4 aromatic rings. The molecule has 0 amide bonds. The van der Waals surface area contributed by atoms with Gasteiger partial charge in [-0.1, -0.05) is 71.4 Å². The summed E-state index contributed by atoms with van der Waals surface area (Å²) in [5, 5.41) is 21.1. The second kappa shape index (κ2) is 10.9. The van der Waals surface area contributed by atoms with Crippen molar-refractivity contribution in [3.63, 3.8) is 0 Å². The van der Waals surface area contributed by atoms with Gasteiger partial charge in [-0.2, -0.15) is 0 Å². The molecular formula is C24H20Cl2N4O3S. The first-order valence-corrected chi connectivity index (χ1v) is 12.0. The minimum absolute atomic E-state index is 0.258. The first kappa shape index (κ1) is 24.1. The fourth-order valence-electron chi connectivity index (χ4n) is 3.35. The first-order chi connectivity index (χ1) is 16.4. The highest BCUT2D eigenvalue weighted by atomic mass is 35.5. The number of aromatic nitrogens is 3. The average molecular weight is 515 g/mol. The molecular weight excluding hydrogens is 495 g/mol. The zero-order valence-electron chi connectivity index (χ0n) is 18.1. The van der Waals surface area contributed by atoms with Crippen LogP contribution in [0.5, 0.6) is 5.75 Å². The van der Waals surface area contributed by atoms with Crippen molar-refractivity contribution in [2.45, 2.75) is 23.9 Å². The van der Waals surface area contributed by atoms with Gasteiger partial charge < -0.3 is 4.74 Å². The second-order valence-corrected chi connectivity index (χ2v) is 9.43. The molecule has 0 saturated carbocycles. The molecule has 1 atom stereocenters. The van der Waals surface area contributed by atoms with Crippen LogP contribution in [0.3, 0.4) is 0 Å². The maximum absolute atomic E-state index is 11.4. The third-order valence-corrected chi connectivity index (χ3v) is 6.80. The minimum Gasteiger partial charge on any atom is -0.489 e. The highest BCUT2D eigenvalue weighted by Crippen LogP contribution is 2.36. The summed E-state index contributed by atoms with van der Waals surface area (Å²) in [5.41, 5.74) is 2.50. The fraction of sp³-hybridized carbons (Fsp3) is 0.167. The Morgan fingerprint density at radius 3 is 2.47 bits per heavy atom. The molecule has 10 heteroatoms. The van der Waals surface area contributed by atoms with Crippen LogP contribution in [0.1, 0.15) is 22.2 Å². The Bertz CT molecular complexity index is 1280. The summed E-state index contributed by atoms with van der Waals surface area (Å²) < 4.78 is 7.73. The number of halogens is 2. The highest BCUT2D eigenvalue weighted by molar-refractivity contribution is 7.99. The molecule has 0 spiro atoms. The Morgan fingerprint density at radius 2 is 1.79 bits per heavy atom. The van der Waals surface area contributed by atoms with E-state index >= 15 is 0 Å². The van der Waals surface area contributed by atoms with Gasteiger partial charge in [-0.25, -0.2) is 0 Å². The van der Waals surface area contributed by atoms with Crippen molar-refractivity contribution >= 4 is 35.0 Å². The van der Waals surface area contributed by atoms with Crippen LogP contribution < -0.4 is 4.74 Å². The van der Waals surface area contributed by atoms with E-state index in [0.717, 1.165) is 16.8 Å². The van der Waals surface area contributed by atoms with E-state index in [-0.39, 0.29) is 18.1 Å². The molecule has 0 aliphatic carbocycles. The largest absolute Gasteiger partial charge is 0.489 e. The van der Waals surface area contributed by atoms with Gasteiger partial charge in [0.1, 0.15) is 23.4 Å². The highest BCUT2D eigenvalue weighted by Gasteiger charge is 2.23. The third-order valence-electron chi connectivity index (χ3n) is 5.03. The van der Waals surface area contributed by atoms with Gasteiger partial charge >= 0.3 is 0 Å². The molecule has 0 fully saturated rings. The number of ether oxygens (including phenoxy) is 1. The van der Waals surface area contributed by atoms with Gasteiger partial charge in [-0.05, 0) is 48.9 Å². The van der Waals surface area contributed by atoms with Crippen molar-refractivity contribution in [1.29, 1.82) is 0 Å². The third kappa shape index (κ3) is 5.88. The lowest BCUT2D eigenvalue weighted by molar-refractivity contribution is -0.479. The average Bonchev–Trinajstić information content (AvgIpc) is 3.18. The van der Waals surface area contributed by atoms with E-state index < -0.39 is 5.25 Å². The predicted octanol–water partition coefficient (Wildman–Crippen LogP) is 6.57. The van der Waals surface area contributed by atoms with E-state index in [4.69, 9.17) is 27.9 Å². The van der Waals surface area contributed by atoms with Crippen LogP contribution in [0.4, 0.5) is 0 Å². The smallest absolute Gasteiger partial charge is 0.220 e. The Balaban J connectivity index is 1.52. The van der Waals surface area contributed by atoms with E-state index in [1.54, 1.807) is 24.3 Å². The molecule has 0 aliphatic heterocycles. The maximum atomic E-state index is 11.4. The summed E-state index contributed by atoms with van der Waals surface area (Å²) in [4.78, 5) is 11.1. The summed E-state index contributed by atoms with van der Waals surface area (Å²) in [6.45, 7) is 1.87. The SMILES string of the molecule is Cc1nnc(S[C@@H](C[N+](=O)[O-])c2ccc(OCc3ccc(Cl)cc3Cl)cc2)n1-c1ccccc1. The Labute approximate surface area is 210 Å². The molecule has 7 nitrogen and oxygen atoms in total. The second-order valence-electron chi connectivity index (χ2n) is 7.42. The number of hydrogen-bond donors (Lipinski definition) is 0. The first-order valence-electron chi connectivity index (χ1n) is 10.3. The minimum atomic E-state index is -0.458. The van der Waals surface area contributed by atoms with Crippen LogP contribution in [-0.2, 0) is 6.61 Å². The number of para-hydroxylation sites is 1. The number of benzene rings is 3. The summed E-state index contributed by atoms with van der Waals surface area (Å²) in [6, 6.07) is 22.1. The van der Waals surface area contributed by atoms with E-state index in [2.05, 4.69) is 10.2 Å². The Kier molecular flexibility index (Phi) is 7.72. The number of nitro groups is 1. The summed E-state index contributed by atoms with van der Waals surface area (Å²) >= 11 is 13.4. The molecule has 4 rings (SSSR count). The van der Waals surface area contributed by atoms with Gasteiger partial charge in [0, 0.05) is 26.2 Å². The predicted molar refractivity (Wildman–Crippen MR) is 134 cm³/mol. The number of nitrogens with zero attached hydrogens (tertiary/aromatic N) is 4. The van der Waals surface area contributed by atoms with E-state index in [0.29, 0.717) is 26.8 Å². The van der Waals surface area contributed by atoms with E-state index in [1.807, 2.05) is 60.0 Å². The number of hydrogen-bond acceptors (Lipinski definition) is 6.